The van der Waals surface area contributed by atoms with Crippen LogP contribution < -0.4 is 5.32 Å². The minimum atomic E-state index is -0.809. The monoisotopic (exact) mass is 371 g/mol. The van der Waals surface area contributed by atoms with Gasteiger partial charge in [-0.1, -0.05) is 48.5 Å². The van der Waals surface area contributed by atoms with Gasteiger partial charge in [0.1, 0.15) is 5.41 Å². The first-order chi connectivity index (χ1) is 13.1. The fraction of sp³-hybridized carbons (Fsp3) is 0.227. The Bertz CT molecular complexity index is 1050. The summed E-state index contributed by atoms with van der Waals surface area (Å²) in [5.41, 5.74) is 2.70. The summed E-state index contributed by atoms with van der Waals surface area (Å²) < 4.78 is 0. The number of nitrogens with one attached hydrogen (secondary N) is 1. The third-order valence-corrected chi connectivity index (χ3v) is 6.78. The number of carbonyl (C=O) groups is 1. The van der Waals surface area contributed by atoms with Gasteiger partial charge in [0.25, 0.3) is 0 Å². The number of hydrogen-bond donors (Lipinski definition) is 1. The summed E-state index contributed by atoms with van der Waals surface area (Å²) in [6.45, 7) is 1.98. The van der Waals surface area contributed by atoms with Gasteiger partial charge in [-0.3, -0.25) is 4.79 Å². The molecule has 6 rings (SSSR count). The molecule has 1 heterocycles. The molecule has 0 aliphatic heterocycles. The highest BCUT2D eigenvalue weighted by atomic mass is 32.1. The average molecular weight is 371 g/mol. The van der Waals surface area contributed by atoms with E-state index < -0.39 is 10.8 Å². The molecule has 3 aliphatic rings. The molecule has 0 saturated heterocycles. The van der Waals surface area contributed by atoms with E-state index in [0.717, 1.165) is 22.3 Å². The van der Waals surface area contributed by atoms with Crippen molar-refractivity contribution in [2.45, 2.75) is 24.7 Å². The van der Waals surface area contributed by atoms with E-state index in [1.165, 1.54) is 11.3 Å². The minimum Gasteiger partial charge on any atom is -0.301 e. The number of nitriles is 1. The predicted molar refractivity (Wildman–Crippen MR) is 105 cm³/mol. The first-order valence-electron chi connectivity index (χ1n) is 8.91. The van der Waals surface area contributed by atoms with E-state index in [1.807, 2.05) is 48.7 Å². The first kappa shape index (κ1) is 16.2. The van der Waals surface area contributed by atoms with Gasteiger partial charge < -0.3 is 5.32 Å². The standard InChI is InChI=1S/C22H17N3OS/c1-21(19(26)25-20-24-10-11-27-20)12-22(13-23)16-8-4-2-6-14(16)18(21)15-7-3-5-9-17(15)22/h2-11,18H,12H2,1H3,(H,24,25,26)/t18?,21-,22?/m0/s1. The second-order valence-corrected chi connectivity index (χ2v) is 8.40. The number of amides is 1. The quantitative estimate of drug-likeness (QED) is 0.724. The fourth-order valence-corrected chi connectivity index (χ4v) is 5.54. The summed E-state index contributed by atoms with van der Waals surface area (Å²) in [5.74, 6) is -0.161. The number of rotatable bonds is 2. The molecule has 1 atom stereocenters. The summed E-state index contributed by atoms with van der Waals surface area (Å²) in [6, 6.07) is 18.8. The minimum absolute atomic E-state index is 0.0777. The van der Waals surface area contributed by atoms with Gasteiger partial charge in [0.15, 0.2) is 5.13 Å². The second-order valence-electron chi connectivity index (χ2n) is 7.51. The van der Waals surface area contributed by atoms with Gasteiger partial charge in [0.05, 0.1) is 11.5 Å². The Labute approximate surface area is 161 Å². The highest BCUT2D eigenvalue weighted by molar-refractivity contribution is 7.13. The molecule has 2 bridgehead atoms. The molecule has 5 heteroatoms. The van der Waals surface area contributed by atoms with Crippen LogP contribution in [0.3, 0.4) is 0 Å². The van der Waals surface area contributed by atoms with Crippen molar-refractivity contribution in [3.05, 3.63) is 82.4 Å². The van der Waals surface area contributed by atoms with Crippen molar-refractivity contribution < 1.29 is 4.79 Å². The SMILES string of the molecule is C[C@]1(C(=O)Nc2nccs2)CC2(C#N)c3ccccc3C1c1ccccc12. The topological polar surface area (TPSA) is 65.8 Å². The number of fused-ring (bicyclic) bond motifs is 1. The molecule has 0 radical (unpaired) electrons. The molecule has 0 fully saturated rings. The van der Waals surface area contributed by atoms with Gasteiger partial charge in [-0.05, 0) is 35.6 Å². The maximum atomic E-state index is 13.4. The molecule has 0 unspecified atom stereocenters. The summed E-state index contributed by atoms with van der Waals surface area (Å²) >= 11 is 1.40. The predicted octanol–water partition coefficient (Wildman–Crippen LogP) is 4.45. The van der Waals surface area contributed by atoms with E-state index in [9.17, 15) is 10.1 Å². The Hall–Kier alpha value is -2.97. The number of aromatic nitrogens is 1. The Balaban J connectivity index is 1.74. The van der Waals surface area contributed by atoms with Crippen molar-refractivity contribution in [3.63, 3.8) is 0 Å². The van der Waals surface area contributed by atoms with Crippen molar-refractivity contribution in [2.24, 2.45) is 5.41 Å². The summed E-state index contributed by atoms with van der Waals surface area (Å²) in [7, 11) is 0. The van der Waals surface area contributed by atoms with Crippen molar-refractivity contribution in [2.75, 3.05) is 5.32 Å². The zero-order chi connectivity index (χ0) is 18.6. The van der Waals surface area contributed by atoms with Gasteiger partial charge >= 0.3 is 0 Å². The van der Waals surface area contributed by atoms with E-state index in [1.54, 1.807) is 6.20 Å². The van der Waals surface area contributed by atoms with E-state index in [-0.39, 0.29) is 11.8 Å². The van der Waals surface area contributed by atoms with Gasteiger partial charge in [0.2, 0.25) is 5.91 Å². The molecule has 1 amide bonds. The lowest BCUT2D eigenvalue weighted by atomic mass is 9.47. The van der Waals surface area contributed by atoms with Crippen molar-refractivity contribution in [1.82, 2.24) is 4.98 Å². The van der Waals surface area contributed by atoms with Crippen LogP contribution in [0.1, 0.15) is 41.5 Å². The Morgan fingerprint density at radius 2 is 1.81 bits per heavy atom. The number of hydrogen-bond acceptors (Lipinski definition) is 4. The molecular formula is C22H17N3OS. The molecule has 0 saturated carbocycles. The number of carbonyl (C=O) groups excluding carboxylic acids is 1. The molecule has 4 nitrogen and oxygen atoms in total. The van der Waals surface area contributed by atoms with Crippen LogP contribution in [-0.4, -0.2) is 10.9 Å². The normalized spacial score (nSPS) is 27.3. The van der Waals surface area contributed by atoms with E-state index in [2.05, 4.69) is 28.5 Å². The molecule has 27 heavy (non-hydrogen) atoms. The maximum Gasteiger partial charge on any atom is 0.233 e. The van der Waals surface area contributed by atoms with Crippen LogP contribution in [-0.2, 0) is 10.2 Å². The lowest BCUT2D eigenvalue weighted by molar-refractivity contribution is -0.127. The lowest BCUT2D eigenvalue weighted by Crippen LogP contribution is -2.53. The lowest BCUT2D eigenvalue weighted by Gasteiger charge is -2.54. The van der Waals surface area contributed by atoms with Crippen molar-refractivity contribution in [3.8, 4) is 6.07 Å². The first-order valence-corrected chi connectivity index (χ1v) is 9.79. The summed E-state index contributed by atoms with van der Waals surface area (Å²) in [6.07, 6.45) is 2.14. The van der Waals surface area contributed by atoms with Crippen LogP contribution >= 0.6 is 11.3 Å². The Morgan fingerprint density at radius 1 is 1.19 bits per heavy atom. The largest absolute Gasteiger partial charge is 0.301 e. The highest BCUT2D eigenvalue weighted by Crippen LogP contribution is 2.63. The smallest absolute Gasteiger partial charge is 0.233 e. The van der Waals surface area contributed by atoms with Crippen LogP contribution in [0, 0.1) is 16.7 Å². The number of anilines is 1. The highest BCUT2D eigenvalue weighted by Gasteiger charge is 2.60. The molecule has 0 spiro atoms. The molecule has 1 N–H and O–H groups in total. The number of nitrogens with zero attached hydrogens (tertiary/aromatic N) is 2. The second kappa shape index (κ2) is 5.51. The van der Waals surface area contributed by atoms with Gasteiger partial charge in [-0.2, -0.15) is 5.26 Å². The van der Waals surface area contributed by atoms with E-state index in [0.29, 0.717) is 11.6 Å². The zero-order valence-corrected chi connectivity index (χ0v) is 15.6. The average Bonchev–Trinajstić information content (AvgIpc) is 3.21. The van der Waals surface area contributed by atoms with Crippen molar-refractivity contribution in [1.29, 1.82) is 5.26 Å². The molecule has 1 aromatic heterocycles. The van der Waals surface area contributed by atoms with Crippen LogP contribution in [0.15, 0.2) is 60.1 Å². The third kappa shape index (κ3) is 2.02. The van der Waals surface area contributed by atoms with Crippen LogP contribution in [0.4, 0.5) is 5.13 Å². The molecule has 3 aromatic rings. The fourth-order valence-electron chi connectivity index (χ4n) is 5.01. The third-order valence-electron chi connectivity index (χ3n) is 6.10. The molecule has 3 aliphatic carbocycles. The summed E-state index contributed by atoms with van der Waals surface area (Å²) in [4.78, 5) is 17.6. The van der Waals surface area contributed by atoms with Crippen LogP contribution in [0.2, 0.25) is 0 Å². The van der Waals surface area contributed by atoms with Gasteiger partial charge in [-0.25, -0.2) is 4.98 Å². The van der Waals surface area contributed by atoms with E-state index in [4.69, 9.17) is 0 Å². The molecule has 132 valence electrons. The zero-order valence-electron chi connectivity index (χ0n) is 14.8. The maximum absolute atomic E-state index is 13.4. The van der Waals surface area contributed by atoms with Crippen LogP contribution in [0.5, 0.6) is 0 Å². The van der Waals surface area contributed by atoms with Crippen LogP contribution in [0.25, 0.3) is 0 Å². The Morgan fingerprint density at radius 3 is 2.37 bits per heavy atom. The number of thiazole rings is 1. The van der Waals surface area contributed by atoms with Crippen molar-refractivity contribution >= 4 is 22.4 Å². The van der Waals surface area contributed by atoms with E-state index >= 15 is 0 Å². The summed E-state index contributed by atoms with van der Waals surface area (Å²) in [5, 5.41) is 15.7. The molecular weight excluding hydrogens is 354 g/mol. The Kier molecular flexibility index (Phi) is 3.31. The number of benzene rings is 2. The van der Waals surface area contributed by atoms with Gasteiger partial charge in [-0.15, -0.1) is 11.3 Å². The van der Waals surface area contributed by atoms with Gasteiger partial charge in [0, 0.05) is 17.5 Å². The molecule has 2 aromatic carbocycles.